The van der Waals surface area contributed by atoms with Gasteiger partial charge in [0, 0.05) is 17.4 Å². The molecule has 0 aliphatic carbocycles. The summed E-state index contributed by atoms with van der Waals surface area (Å²) >= 11 is 1.76. The van der Waals surface area contributed by atoms with Crippen LogP contribution in [0, 0.1) is 0 Å². The SMILES string of the molecule is O=C1N[C@H]2CSC(CCCCC(=O)ON3C(=O)C[C@H](S(O)(O)O)C3=O)[C@H]2N1.[H-].[Na+]. The van der Waals surface area contributed by atoms with E-state index in [4.69, 9.17) is 18.5 Å². The molecule has 3 aliphatic heterocycles. The zero-order valence-electron chi connectivity index (χ0n) is 16.2. The molecule has 3 fully saturated rings. The summed E-state index contributed by atoms with van der Waals surface area (Å²) < 4.78 is 27.4. The molecule has 154 valence electrons. The Morgan fingerprint density at radius 2 is 1.96 bits per heavy atom. The van der Waals surface area contributed by atoms with Crippen molar-refractivity contribution >= 4 is 46.4 Å². The zero-order chi connectivity index (χ0) is 19.8. The van der Waals surface area contributed by atoms with Gasteiger partial charge in [-0.05, 0) is 12.8 Å². The summed E-state index contributed by atoms with van der Waals surface area (Å²) in [6, 6.07) is 0.0671. The van der Waals surface area contributed by atoms with E-state index in [0.29, 0.717) is 12.8 Å². The van der Waals surface area contributed by atoms with Crippen molar-refractivity contribution in [3.05, 3.63) is 0 Å². The molecular weight excluding hydrogens is 425 g/mol. The molecule has 1 unspecified atom stereocenters. The molecule has 4 atom stereocenters. The first-order chi connectivity index (χ1) is 12.7. The van der Waals surface area contributed by atoms with Crippen LogP contribution in [0.2, 0.25) is 0 Å². The summed E-state index contributed by atoms with van der Waals surface area (Å²) in [6.07, 6.45) is 1.33. The third kappa shape index (κ3) is 5.33. The van der Waals surface area contributed by atoms with E-state index < -0.39 is 40.3 Å². The third-order valence-electron chi connectivity index (χ3n) is 4.69. The molecule has 5 N–H and O–H groups in total. The molecule has 11 nitrogen and oxygen atoms in total. The van der Waals surface area contributed by atoms with Crippen molar-refractivity contribution in [3.63, 3.8) is 0 Å². The number of unbranched alkanes of at least 4 members (excludes halogenated alkanes) is 1. The van der Waals surface area contributed by atoms with Gasteiger partial charge < -0.3 is 30.6 Å². The minimum atomic E-state index is -4.24. The second-order valence-corrected chi connectivity index (χ2v) is 9.57. The summed E-state index contributed by atoms with van der Waals surface area (Å²) in [5.74, 6) is -2.00. The van der Waals surface area contributed by atoms with Gasteiger partial charge in [0.2, 0.25) is 0 Å². The van der Waals surface area contributed by atoms with Gasteiger partial charge in [-0.25, -0.2) is 9.59 Å². The van der Waals surface area contributed by atoms with Crippen LogP contribution in [-0.2, 0) is 19.2 Å². The van der Waals surface area contributed by atoms with Crippen LogP contribution in [-0.4, -0.2) is 70.9 Å². The van der Waals surface area contributed by atoms with Crippen molar-refractivity contribution in [1.82, 2.24) is 15.7 Å². The quantitative estimate of drug-likeness (QED) is 0.124. The average molecular weight is 447 g/mol. The van der Waals surface area contributed by atoms with Crippen molar-refractivity contribution in [2.75, 3.05) is 5.75 Å². The molecule has 3 saturated heterocycles. The Hall–Kier alpha value is -0.540. The van der Waals surface area contributed by atoms with Crippen molar-refractivity contribution in [2.24, 2.45) is 0 Å². The monoisotopic (exact) mass is 447 g/mol. The van der Waals surface area contributed by atoms with Crippen LogP contribution in [0.5, 0.6) is 0 Å². The van der Waals surface area contributed by atoms with E-state index in [1.807, 2.05) is 0 Å². The number of hydrogen-bond donors (Lipinski definition) is 5. The maximum atomic E-state index is 11.9. The molecule has 0 saturated carbocycles. The number of carbonyl (C=O) groups excluding carboxylic acids is 4. The Balaban J connectivity index is 0.00000210. The van der Waals surface area contributed by atoms with E-state index >= 15 is 0 Å². The van der Waals surface area contributed by atoms with Gasteiger partial charge in [-0.15, -0.1) is 5.06 Å². The van der Waals surface area contributed by atoms with Crippen LogP contribution >= 0.6 is 22.6 Å². The fourth-order valence-electron chi connectivity index (χ4n) is 3.33. The second-order valence-electron chi connectivity index (χ2n) is 6.61. The van der Waals surface area contributed by atoms with Gasteiger partial charge >= 0.3 is 41.6 Å². The van der Waals surface area contributed by atoms with Crippen molar-refractivity contribution in [2.45, 2.75) is 54.7 Å². The summed E-state index contributed by atoms with van der Waals surface area (Å²) in [7, 11) is -4.24. The molecule has 3 rings (SSSR count). The fourth-order valence-corrected chi connectivity index (χ4v) is 5.61. The first-order valence-electron chi connectivity index (χ1n) is 8.42. The summed E-state index contributed by atoms with van der Waals surface area (Å²) in [4.78, 5) is 51.4. The van der Waals surface area contributed by atoms with Gasteiger partial charge in [0.25, 0.3) is 11.8 Å². The largest absolute Gasteiger partial charge is 1.00 e. The van der Waals surface area contributed by atoms with Crippen LogP contribution in [0.4, 0.5) is 4.79 Å². The molecule has 0 radical (unpaired) electrons. The van der Waals surface area contributed by atoms with E-state index in [0.717, 1.165) is 12.2 Å². The maximum absolute atomic E-state index is 11.9. The second kappa shape index (κ2) is 9.51. The number of fused-ring (bicyclic) bond motifs is 1. The molecule has 0 bridgehead atoms. The predicted octanol–water partition coefficient (Wildman–Crippen LogP) is -2.36. The molecule has 0 aromatic carbocycles. The minimum absolute atomic E-state index is 0. The van der Waals surface area contributed by atoms with Crippen molar-refractivity contribution in [1.29, 1.82) is 0 Å². The van der Waals surface area contributed by atoms with Gasteiger partial charge in [-0.3, -0.25) is 9.59 Å². The number of hydroxylamine groups is 2. The molecule has 4 amide bonds. The van der Waals surface area contributed by atoms with E-state index in [1.54, 1.807) is 11.8 Å². The topological polar surface area (TPSA) is 166 Å². The van der Waals surface area contributed by atoms with Gasteiger partial charge in [0.05, 0.1) is 29.4 Å². The van der Waals surface area contributed by atoms with Gasteiger partial charge in [0.1, 0.15) is 5.25 Å². The van der Waals surface area contributed by atoms with Crippen LogP contribution < -0.4 is 40.2 Å². The molecule has 28 heavy (non-hydrogen) atoms. The standard InChI is InChI=1S/C14H21N3O8S2.Na.H/c18-10-5-9(27(22,23)24)13(20)17(10)25-11(19)4-2-1-3-8-12-7(6-26-8)15-14(21)16-12;;/h7-9,12,22-24H,1-6H2,(H2,15,16,21);;/q;+1;-1/t7-,8?,9-,12-;;/m0../s1. The average Bonchev–Trinajstić information content (AvgIpc) is 3.19. The smallest absolute Gasteiger partial charge is 1.00 e. The number of rotatable bonds is 7. The number of imide groups is 1. The van der Waals surface area contributed by atoms with E-state index in [9.17, 15) is 19.2 Å². The number of carbonyl (C=O) groups is 4. The Bertz CT molecular complexity index is 667. The molecule has 0 aromatic rings. The molecule has 3 heterocycles. The van der Waals surface area contributed by atoms with Gasteiger partial charge in [0.15, 0.2) is 0 Å². The van der Waals surface area contributed by atoms with E-state index in [2.05, 4.69) is 10.6 Å². The first-order valence-corrected chi connectivity index (χ1v) is 11.0. The van der Waals surface area contributed by atoms with E-state index in [1.165, 1.54) is 0 Å². The third-order valence-corrected chi connectivity index (χ3v) is 7.34. The molecule has 0 spiro atoms. The van der Waals surface area contributed by atoms with Crippen LogP contribution in [0.15, 0.2) is 0 Å². The molecular formula is C14H22N3NaO8S2. The summed E-state index contributed by atoms with van der Waals surface area (Å²) in [5.41, 5.74) is 0. The van der Waals surface area contributed by atoms with E-state index in [-0.39, 0.29) is 65.8 Å². The Kier molecular flexibility index (Phi) is 8.06. The molecule has 3 aliphatic rings. The summed E-state index contributed by atoms with van der Waals surface area (Å²) in [6.45, 7) is 0. The van der Waals surface area contributed by atoms with Crippen LogP contribution in [0.1, 0.15) is 33.5 Å². The Morgan fingerprint density at radius 3 is 2.61 bits per heavy atom. The maximum Gasteiger partial charge on any atom is 1.00 e. The number of nitrogens with zero attached hydrogens (tertiary/aromatic N) is 1. The number of nitrogens with one attached hydrogen (secondary N) is 2. The van der Waals surface area contributed by atoms with Gasteiger partial charge in [-0.1, -0.05) is 6.42 Å². The first kappa shape index (κ1) is 23.7. The van der Waals surface area contributed by atoms with Crippen LogP contribution in [0.25, 0.3) is 0 Å². The predicted molar refractivity (Wildman–Crippen MR) is 96.9 cm³/mol. The fraction of sp³-hybridized carbons (Fsp3) is 0.714. The Morgan fingerprint density at radius 1 is 1.25 bits per heavy atom. The number of urea groups is 1. The Labute approximate surface area is 190 Å². The normalized spacial score (nSPS) is 29.8. The number of thioether (sulfide) groups is 1. The van der Waals surface area contributed by atoms with Crippen LogP contribution in [0.3, 0.4) is 0 Å². The minimum Gasteiger partial charge on any atom is -1.00 e. The van der Waals surface area contributed by atoms with Crippen molar-refractivity contribution < 1.29 is 68.7 Å². The van der Waals surface area contributed by atoms with Gasteiger partial charge in [-0.2, -0.15) is 11.8 Å². The number of amides is 4. The number of hydrogen-bond acceptors (Lipinski definition) is 9. The zero-order valence-corrected chi connectivity index (χ0v) is 18.8. The van der Waals surface area contributed by atoms with Crippen molar-refractivity contribution in [3.8, 4) is 0 Å². The summed E-state index contributed by atoms with van der Waals surface area (Å²) in [5, 5.41) is 4.48. The molecule has 14 heteroatoms. The molecule has 0 aromatic heterocycles.